The maximum absolute atomic E-state index is 11.4. The van der Waals surface area contributed by atoms with E-state index in [0.717, 1.165) is 0 Å². The summed E-state index contributed by atoms with van der Waals surface area (Å²) in [6.07, 6.45) is -11.7. The zero-order chi connectivity index (χ0) is 10.9. The van der Waals surface area contributed by atoms with Gasteiger partial charge in [0.25, 0.3) is 5.78 Å². The van der Waals surface area contributed by atoms with E-state index in [-0.39, 0.29) is 17.1 Å². The summed E-state index contributed by atoms with van der Waals surface area (Å²) in [7, 11) is 0. The minimum atomic E-state index is -5.42. The molecule has 0 aromatic heterocycles. The van der Waals surface area contributed by atoms with Crippen molar-refractivity contribution < 1.29 is 53.3 Å². The quantitative estimate of drug-likeness (QED) is 0.340. The number of aliphatic hydroxyl groups is 1. The van der Waals surface area contributed by atoms with Gasteiger partial charge in [0.2, 0.25) is 5.76 Å². The number of allylic oxidation sites excluding steroid dienone is 2. The maximum Gasteiger partial charge on any atom is 0.454 e. The number of ketones is 1. The van der Waals surface area contributed by atoms with Crippen molar-refractivity contribution in [1.82, 2.24) is 0 Å². The number of carbonyl (C=O) groups is 1. The van der Waals surface area contributed by atoms with Crippen LogP contribution < -0.4 is 0 Å². The van der Waals surface area contributed by atoms with Gasteiger partial charge in [0, 0.05) is 23.1 Å². The summed E-state index contributed by atoms with van der Waals surface area (Å²) in [6.45, 7) is 0. The Hall–Kier alpha value is -0.691. The minimum absolute atomic E-state index is 0. The van der Waals surface area contributed by atoms with Gasteiger partial charge < -0.3 is 5.11 Å². The normalized spacial score (nSPS) is 13.4. The zero-order valence-corrected chi connectivity index (χ0v) is 7.26. The van der Waals surface area contributed by atoms with E-state index in [2.05, 4.69) is 0 Å². The second-order valence-corrected chi connectivity index (χ2v) is 1.89. The van der Waals surface area contributed by atoms with Crippen molar-refractivity contribution >= 4 is 5.78 Å². The average Bonchev–Trinajstić information content (AvgIpc) is 1.82. The molecule has 0 aliphatic carbocycles. The molecule has 0 bridgehead atoms. The van der Waals surface area contributed by atoms with Crippen molar-refractivity contribution in [3.05, 3.63) is 11.8 Å². The molecule has 0 aromatic carbocycles. The van der Waals surface area contributed by atoms with Crippen LogP contribution in [0, 0.1) is 0 Å². The zero-order valence-electron chi connectivity index (χ0n) is 6.08. The Balaban J connectivity index is 0. The third kappa shape index (κ3) is 5.13. The summed E-state index contributed by atoms with van der Waals surface area (Å²) in [5.74, 6) is -5.34. The van der Waals surface area contributed by atoms with E-state index in [1.54, 1.807) is 0 Å². The first-order valence-electron chi connectivity index (χ1n) is 2.64. The summed E-state index contributed by atoms with van der Waals surface area (Å²) in [4.78, 5) is 9.86. The van der Waals surface area contributed by atoms with E-state index in [9.17, 15) is 31.1 Å². The summed E-state index contributed by atoms with van der Waals surface area (Å²) < 4.78 is 68.1. The Bertz CT molecular complexity index is 240. The molecule has 14 heavy (non-hydrogen) atoms. The van der Waals surface area contributed by atoms with Crippen LogP contribution in [0.3, 0.4) is 0 Å². The van der Waals surface area contributed by atoms with Gasteiger partial charge in [-0.15, -0.1) is 0 Å². The molecule has 0 saturated heterocycles. The second kappa shape index (κ2) is 4.70. The number of aliphatic hydroxyl groups excluding tert-OH is 1. The number of alkyl halides is 6. The van der Waals surface area contributed by atoms with Gasteiger partial charge in [-0.05, 0) is 0 Å². The van der Waals surface area contributed by atoms with Gasteiger partial charge in [-0.2, -0.15) is 26.3 Å². The van der Waals surface area contributed by atoms with E-state index in [1.807, 2.05) is 0 Å². The molecule has 83 valence electrons. The van der Waals surface area contributed by atoms with Gasteiger partial charge in [0.15, 0.2) is 0 Å². The molecule has 0 spiro atoms. The van der Waals surface area contributed by atoms with Crippen LogP contribution in [0.15, 0.2) is 11.8 Å². The van der Waals surface area contributed by atoms with Crippen LogP contribution in [-0.4, -0.2) is 23.2 Å². The van der Waals surface area contributed by atoms with Gasteiger partial charge in [0.1, 0.15) is 0 Å². The Morgan fingerprint density at radius 2 is 1.36 bits per heavy atom. The summed E-state index contributed by atoms with van der Waals surface area (Å²) in [5, 5.41) is 7.93. The molecule has 9 heteroatoms. The molecule has 0 fully saturated rings. The van der Waals surface area contributed by atoms with Crippen LogP contribution in [0.25, 0.3) is 0 Å². The summed E-state index contributed by atoms with van der Waals surface area (Å²) >= 11 is 0. The third-order valence-electron chi connectivity index (χ3n) is 0.838. The van der Waals surface area contributed by atoms with Gasteiger partial charge >= 0.3 is 12.4 Å². The van der Waals surface area contributed by atoms with Crippen LogP contribution in [0.4, 0.5) is 26.3 Å². The Morgan fingerprint density at radius 3 is 1.57 bits per heavy atom. The topological polar surface area (TPSA) is 37.3 Å². The average molecular weight is 263 g/mol. The first-order valence-corrected chi connectivity index (χ1v) is 2.64. The maximum atomic E-state index is 11.4. The van der Waals surface area contributed by atoms with Crippen molar-refractivity contribution in [3.8, 4) is 0 Å². The van der Waals surface area contributed by atoms with E-state index in [4.69, 9.17) is 5.11 Å². The number of hydrogen-bond donors (Lipinski definition) is 1. The molecule has 0 aliphatic heterocycles. The monoisotopic (exact) mass is 263 g/mol. The van der Waals surface area contributed by atoms with E-state index in [1.165, 1.54) is 0 Å². The first-order chi connectivity index (χ1) is 5.55. The smallest absolute Gasteiger partial charge is 0.454 e. The molecule has 1 N–H and O–H groups in total. The summed E-state index contributed by atoms with van der Waals surface area (Å²) in [5.41, 5.74) is 0. The van der Waals surface area contributed by atoms with E-state index < -0.39 is 30.0 Å². The fourth-order valence-corrected chi connectivity index (χ4v) is 0.288. The molecule has 0 rings (SSSR count). The molecule has 0 unspecified atom stereocenters. The van der Waals surface area contributed by atoms with Crippen LogP contribution >= 0.6 is 0 Å². The summed E-state index contributed by atoms with van der Waals surface area (Å²) in [6, 6.07) is 0. The van der Waals surface area contributed by atoms with Gasteiger partial charge in [0.05, 0.1) is 0 Å². The van der Waals surface area contributed by atoms with Crippen molar-refractivity contribution in [2.24, 2.45) is 0 Å². The van der Waals surface area contributed by atoms with Crippen LogP contribution in [-0.2, 0) is 21.9 Å². The van der Waals surface area contributed by atoms with Crippen molar-refractivity contribution in [1.29, 1.82) is 0 Å². The van der Waals surface area contributed by atoms with Gasteiger partial charge in [-0.25, -0.2) is 0 Å². The molecular formula is C5H2F6MnO2. The molecule has 0 aromatic rings. The standard InChI is InChI=1S/C5H2F6O2.Mn/c6-4(7,8)2(12)1-3(13)5(9,10)11;/h1,12H;/b2-1-;. The Morgan fingerprint density at radius 1 is 1.00 bits per heavy atom. The number of halogens is 6. The van der Waals surface area contributed by atoms with Crippen LogP contribution in [0.5, 0.6) is 0 Å². The largest absolute Gasteiger partial charge is 0.504 e. The Labute approximate surface area is 84.1 Å². The van der Waals surface area contributed by atoms with Crippen LogP contribution in [0.1, 0.15) is 0 Å². The van der Waals surface area contributed by atoms with Gasteiger partial charge in [-0.3, -0.25) is 4.79 Å². The fraction of sp³-hybridized carbons (Fsp3) is 0.400. The molecule has 2 nitrogen and oxygen atoms in total. The predicted octanol–water partition coefficient (Wildman–Crippen LogP) is 2.12. The molecular weight excluding hydrogens is 261 g/mol. The fourth-order valence-electron chi connectivity index (χ4n) is 0.288. The van der Waals surface area contributed by atoms with Gasteiger partial charge in [-0.1, -0.05) is 0 Å². The predicted molar refractivity (Wildman–Crippen MR) is 27.8 cm³/mol. The molecule has 0 saturated carbocycles. The van der Waals surface area contributed by atoms with Crippen LogP contribution in [0.2, 0.25) is 0 Å². The van der Waals surface area contributed by atoms with E-state index >= 15 is 0 Å². The molecule has 0 heterocycles. The Kier molecular flexibility index (Phi) is 5.29. The minimum Gasteiger partial charge on any atom is -0.504 e. The molecule has 0 atom stereocenters. The molecule has 1 radical (unpaired) electrons. The number of rotatable bonds is 1. The van der Waals surface area contributed by atoms with E-state index in [0.29, 0.717) is 0 Å². The number of hydrogen-bond acceptors (Lipinski definition) is 2. The number of carbonyl (C=O) groups excluding carboxylic acids is 1. The molecule has 0 amide bonds. The van der Waals surface area contributed by atoms with Crippen molar-refractivity contribution in [3.63, 3.8) is 0 Å². The first kappa shape index (κ1) is 15.8. The SMILES string of the molecule is O=C(/C=C(\O)C(F)(F)F)C(F)(F)F.[Mn]. The van der Waals surface area contributed by atoms with Crippen molar-refractivity contribution in [2.45, 2.75) is 12.4 Å². The molecule has 0 aliphatic rings. The second-order valence-electron chi connectivity index (χ2n) is 1.89. The third-order valence-corrected chi connectivity index (χ3v) is 0.838. The van der Waals surface area contributed by atoms with Crippen molar-refractivity contribution in [2.75, 3.05) is 0 Å².